The maximum atomic E-state index is 11.5. The fourth-order valence-corrected chi connectivity index (χ4v) is 1.82. The second kappa shape index (κ2) is 6.09. The largest absolute Gasteiger partial charge is 0.466 e. The first-order valence-corrected chi connectivity index (χ1v) is 5.69. The summed E-state index contributed by atoms with van der Waals surface area (Å²) in [6.45, 7) is 7.88. The second-order valence-corrected chi connectivity index (χ2v) is 3.86. The maximum Gasteiger partial charge on any atom is 0.310 e. The summed E-state index contributed by atoms with van der Waals surface area (Å²) in [5.41, 5.74) is 3.14. The van der Waals surface area contributed by atoms with Gasteiger partial charge in [-0.3, -0.25) is 4.79 Å². The number of hydrogen-bond acceptors (Lipinski definition) is 2. The van der Waals surface area contributed by atoms with Gasteiger partial charge in [-0.1, -0.05) is 18.7 Å². The second-order valence-electron chi connectivity index (χ2n) is 3.86. The Kier molecular flexibility index (Phi) is 4.76. The molecule has 17 heavy (non-hydrogen) atoms. The summed E-state index contributed by atoms with van der Waals surface area (Å²) >= 11 is 0. The molecule has 0 saturated heterocycles. The molecule has 0 fully saturated rings. The number of nitrogens with zero attached hydrogens (tertiary/aromatic N) is 1. The van der Waals surface area contributed by atoms with Crippen LogP contribution in [0, 0.1) is 6.92 Å². The van der Waals surface area contributed by atoms with E-state index in [-0.39, 0.29) is 5.97 Å². The van der Waals surface area contributed by atoms with Crippen molar-refractivity contribution in [3.05, 3.63) is 41.7 Å². The Morgan fingerprint density at radius 2 is 2.29 bits per heavy atom. The zero-order valence-corrected chi connectivity index (χ0v) is 10.7. The number of hydrogen-bond donors (Lipinski definition) is 0. The number of carbonyl (C=O) groups is 1. The number of ether oxygens (including phenoxy) is 1. The smallest absolute Gasteiger partial charge is 0.310 e. The lowest BCUT2D eigenvalue weighted by Crippen LogP contribution is -2.09. The normalized spacial score (nSPS) is 10.8. The van der Waals surface area contributed by atoms with Gasteiger partial charge in [0.25, 0.3) is 0 Å². The average Bonchev–Trinajstić information content (AvgIpc) is 2.52. The molecule has 0 amide bonds. The molecule has 1 rings (SSSR count). The van der Waals surface area contributed by atoms with E-state index < -0.39 is 0 Å². The van der Waals surface area contributed by atoms with Crippen LogP contribution in [-0.2, 0) is 23.0 Å². The Morgan fingerprint density at radius 3 is 2.88 bits per heavy atom. The van der Waals surface area contributed by atoms with Crippen molar-refractivity contribution >= 4 is 12.0 Å². The molecule has 0 aliphatic carbocycles. The quantitative estimate of drug-likeness (QED) is 0.578. The van der Waals surface area contributed by atoms with E-state index in [1.165, 1.54) is 0 Å². The molecule has 0 aliphatic rings. The molecule has 0 aromatic carbocycles. The van der Waals surface area contributed by atoms with Crippen LogP contribution in [0.3, 0.4) is 0 Å². The number of allylic oxidation sites excluding steroid dienone is 2. The first-order valence-electron chi connectivity index (χ1n) is 5.69. The number of carbonyl (C=O) groups excluding carboxylic acids is 1. The first kappa shape index (κ1) is 13.3. The molecule has 3 heteroatoms. The fraction of sp³-hybridized carbons (Fsp3) is 0.357. The number of aryl methyl sites for hydroxylation is 2. The fourth-order valence-electron chi connectivity index (χ4n) is 1.82. The van der Waals surface area contributed by atoms with Gasteiger partial charge in [-0.2, -0.15) is 0 Å². The van der Waals surface area contributed by atoms with Gasteiger partial charge in [0.05, 0.1) is 13.0 Å². The van der Waals surface area contributed by atoms with E-state index >= 15 is 0 Å². The Bertz CT molecular complexity index is 441. The average molecular weight is 233 g/mol. The maximum absolute atomic E-state index is 11.5. The summed E-state index contributed by atoms with van der Waals surface area (Å²) in [6.07, 6.45) is 7.86. The summed E-state index contributed by atoms with van der Waals surface area (Å²) in [4.78, 5) is 11.5. The standard InChI is InChI=1S/C14H19NO2/c1-5-7-8-13-12(9-14(16)17-6-2)11(3)10-15(13)4/h5,7-8,10H,1,6,9H2,2-4H3/b8-7-. The van der Waals surface area contributed by atoms with Gasteiger partial charge >= 0.3 is 5.97 Å². The van der Waals surface area contributed by atoms with Crippen LogP contribution in [0.2, 0.25) is 0 Å². The molecular weight excluding hydrogens is 214 g/mol. The summed E-state index contributed by atoms with van der Waals surface area (Å²) in [5, 5.41) is 0. The lowest BCUT2D eigenvalue weighted by atomic mass is 10.1. The SMILES string of the molecule is C=C/C=C\c1c(CC(=O)OCC)c(C)cn1C. The highest BCUT2D eigenvalue weighted by molar-refractivity contribution is 5.75. The van der Waals surface area contributed by atoms with Crippen LogP contribution in [0.5, 0.6) is 0 Å². The molecule has 0 spiro atoms. The van der Waals surface area contributed by atoms with Crippen molar-refractivity contribution in [2.75, 3.05) is 6.61 Å². The molecule has 0 radical (unpaired) electrons. The minimum atomic E-state index is -0.185. The Hall–Kier alpha value is -1.77. The van der Waals surface area contributed by atoms with E-state index in [9.17, 15) is 4.79 Å². The molecule has 0 aliphatic heterocycles. The monoisotopic (exact) mass is 233 g/mol. The van der Waals surface area contributed by atoms with Gasteiger partial charge in [0.1, 0.15) is 0 Å². The van der Waals surface area contributed by atoms with Crippen LogP contribution in [0.4, 0.5) is 0 Å². The molecule has 3 nitrogen and oxygen atoms in total. The predicted octanol–water partition coefficient (Wildman–Crippen LogP) is 2.64. The van der Waals surface area contributed by atoms with Gasteiger partial charge in [-0.05, 0) is 31.1 Å². The van der Waals surface area contributed by atoms with Crippen molar-refractivity contribution in [1.82, 2.24) is 4.57 Å². The van der Waals surface area contributed by atoms with E-state index in [4.69, 9.17) is 4.74 Å². The first-order chi connectivity index (χ1) is 8.10. The Morgan fingerprint density at radius 1 is 1.59 bits per heavy atom. The van der Waals surface area contributed by atoms with Gasteiger partial charge in [-0.25, -0.2) is 0 Å². The minimum Gasteiger partial charge on any atom is -0.466 e. The summed E-state index contributed by atoms with van der Waals surface area (Å²) in [6, 6.07) is 0. The molecule has 0 unspecified atom stereocenters. The van der Waals surface area contributed by atoms with Crippen LogP contribution < -0.4 is 0 Å². The highest BCUT2D eigenvalue weighted by atomic mass is 16.5. The molecule has 0 bridgehead atoms. The van der Waals surface area contributed by atoms with Crippen molar-refractivity contribution in [2.24, 2.45) is 7.05 Å². The van der Waals surface area contributed by atoms with Gasteiger partial charge in [-0.15, -0.1) is 0 Å². The summed E-state index contributed by atoms with van der Waals surface area (Å²) in [5.74, 6) is -0.185. The van der Waals surface area contributed by atoms with E-state index in [2.05, 4.69) is 6.58 Å². The topological polar surface area (TPSA) is 31.2 Å². The third kappa shape index (κ3) is 3.34. The van der Waals surface area contributed by atoms with Crippen LogP contribution in [0.1, 0.15) is 23.7 Å². The van der Waals surface area contributed by atoms with Crippen LogP contribution in [0.25, 0.3) is 6.08 Å². The third-order valence-electron chi connectivity index (χ3n) is 2.57. The number of esters is 1. The molecule has 1 aromatic rings. The molecule has 1 aromatic heterocycles. The molecule has 92 valence electrons. The molecule has 0 N–H and O–H groups in total. The zero-order chi connectivity index (χ0) is 12.8. The van der Waals surface area contributed by atoms with E-state index in [0.29, 0.717) is 13.0 Å². The third-order valence-corrected chi connectivity index (χ3v) is 2.57. The van der Waals surface area contributed by atoms with E-state index in [1.807, 2.05) is 43.8 Å². The molecule has 0 atom stereocenters. The van der Waals surface area contributed by atoms with Crippen molar-refractivity contribution in [1.29, 1.82) is 0 Å². The van der Waals surface area contributed by atoms with Gasteiger partial charge in [0.15, 0.2) is 0 Å². The van der Waals surface area contributed by atoms with E-state index in [0.717, 1.165) is 16.8 Å². The highest BCUT2D eigenvalue weighted by Crippen LogP contribution is 2.18. The van der Waals surface area contributed by atoms with Gasteiger partial charge < -0.3 is 9.30 Å². The Labute approximate surface area is 102 Å². The highest BCUT2D eigenvalue weighted by Gasteiger charge is 2.13. The Balaban J connectivity index is 3.00. The zero-order valence-electron chi connectivity index (χ0n) is 10.7. The lowest BCUT2D eigenvalue weighted by Gasteiger charge is -2.04. The predicted molar refractivity (Wildman–Crippen MR) is 69.7 cm³/mol. The lowest BCUT2D eigenvalue weighted by molar-refractivity contribution is -0.142. The van der Waals surface area contributed by atoms with Crippen molar-refractivity contribution in [3.63, 3.8) is 0 Å². The van der Waals surface area contributed by atoms with Gasteiger partial charge in [0.2, 0.25) is 0 Å². The molecular formula is C14H19NO2. The van der Waals surface area contributed by atoms with Crippen LogP contribution in [-0.4, -0.2) is 17.1 Å². The van der Waals surface area contributed by atoms with Crippen molar-refractivity contribution in [2.45, 2.75) is 20.3 Å². The minimum absolute atomic E-state index is 0.185. The summed E-state index contributed by atoms with van der Waals surface area (Å²) < 4.78 is 6.98. The van der Waals surface area contributed by atoms with Crippen LogP contribution >= 0.6 is 0 Å². The van der Waals surface area contributed by atoms with Crippen molar-refractivity contribution in [3.8, 4) is 0 Å². The van der Waals surface area contributed by atoms with Crippen LogP contribution in [0.15, 0.2) is 24.9 Å². The number of rotatable bonds is 5. The van der Waals surface area contributed by atoms with E-state index in [1.54, 1.807) is 6.08 Å². The molecule has 1 heterocycles. The van der Waals surface area contributed by atoms with Crippen molar-refractivity contribution < 1.29 is 9.53 Å². The van der Waals surface area contributed by atoms with Gasteiger partial charge in [0, 0.05) is 18.9 Å². The summed E-state index contributed by atoms with van der Waals surface area (Å²) in [7, 11) is 1.96. The molecule has 0 saturated carbocycles. The number of aromatic nitrogens is 1.